The first-order valence-corrected chi connectivity index (χ1v) is 5.89. The number of ether oxygens (including phenoxy) is 2. The Morgan fingerprint density at radius 2 is 1.94 bits per heavy atom. The number of hydrogen-bond donors (Lipinski definition) is 0. The largest absolute Gasteiger partial charge is 0.486 e. The molecule has 0 fully saturated rings. The first-order chi connectivity index (χ1) is 7.90. The zero-order chi connectivity index (χ0) is 11.2. The van der Waals surface area contributed by atoms with Gasteiger partial charge in [0.15, 0.2) is 11.5 Å². The van der Waals surface area contributed by atoms with Crippen LogP contribution in [-0.2, 0) is 6.42 Å². The van der Waals surface area contributed by atoms with Gasteiger partial charge in [-0.1, -0.05) is 12.1 Å². The normalized spacial score (nSPS) is 13.5. The van der Waals surface area contributed by atoms with E-state index in [-0.39, 0.29) is 0 Å². The summed E-state index contributed by atoms with van der Waals surface area (Å²) in [5.41, 5.74) is 1.33. The second kappa shape index (κ2) is 5.59. The van der Waals surface area contributed by atoms with Crippen LogP contribution in [0.4, 0.5) is 0 Å². The Kier molecular flexibility index (Phi) is 3.86. The van der Waals surface area contributed by atoms with Crippen molar-refractivity contribution in [3.63, 3.8) is 0 Å². The molecule has 1 aliphatic rings. The molecule has 1 heterocycles. The zero-order valence-corrected chi connectivity index (χ0v) is 9.58. The third-order valence-electron chi connectivity index (χ3n) is 2.73. The van der Waals surface area contributed by atoms with Crippen LogP contribution in [-0.4, -0.2) is 13.2 Å². The number of unbranched alkanes of at least 4 members (excludes halogenated alkanes) is 2. The summed E-state index contributed by atoms with van der Waals surface area (Å²) in [5, 5.41) is 0. The van der Waals surface area contributed by atoms with E-state index in [0.29, 0.717) is 13.2 Å². The van der Waals surface area contributed by atoms with Gasteiger partial charge in [0.25, 0.3) is 0 Å². The molecule has 0 radical (unpaired) electrons. The lowest BCUT2D eigenvalue weighted by Gasteiger charge is -2.18. The van der Waals surface area contributed by atoms with Gasteiger partial charge in [0, 0.05) is 0 Å². The number of allylic oxidation sites excluding steroid dienone is 1. The maximum Gasteiger partial charge on any atom is 0.161 e. The van der Waals surface area contributed by atoms with Crippen molar-refractivity contribution in [2.45, 2.75) is 25.7 Å². The predicted octanol–water partition coefficient (Wildman–Crippen LogP) is 3.36. The van der Waals surface area contributed by atoms with Gasteiger partial charge in [-0.25, -0.2) is 0 Å². The first kappa shape index (κ1) is 11.1. The summed E-state index contributed by atoms with van der Waals surface area (Å²) < 4.78 is 11.0. The molecule has 0 unspecified atom stereocenters. The van der Waals surface area contributed by atoms with Gasteiger partial charge in [-0.15, -0.1) is 6.58 Å². The van der Waals surface area contributed by atoms with E-state index in [9.17, 15) is 0 Å². The molecular weight excluding hydrogens is 200 g/mol. The molecular formula is C14H18O2. The van der Waals surface area contributed by atoms with Crippen LogP contribution in [0.5, 0.6) is 11.5 Å². The minimum absolute atomic E-state index is 0.658. The van der Waals surface area contributed by atoms with Gasteiger partial charge in [-0.05, 0) is 43.4 Å². The molecule has 16 heavy (non-hydrogen) atoms. The molecule has 0 aromatic heterocycles. The Bertz CT molecular complexity index is 358. The minimum atomic E-state index is 0.658. The maximum absolute atomic E-state index is 5.55. The van der Waals surface area contributed by atoms with Crippen LogP contribution in [0.2, 0.25) is 0 Å². The average Bonchev–Trinajstić information content (AvgIpc) is 2.34. The van der Waals surface area contributed by atoms with Crippen LogP contribution in [0.15, 0.2) is 30.9 Å². The maximum atomic E-state index is 5.55. The smallest absolute Gasteiger partial charge is 0.161 e. The number of hydrogen-bond acceptors (Lipinski definition) is 2. The molecule has 0 saturated heterocycles. The van der Waals surface area contributed by atoms with Gasteiger partial charge in [0.2, 0.25) is 0 Å². The van der Waals surface area contributed by atoms with Gasteiger partial charge < -0.3 is 9.47 Å². The monoisotopic (exact) mass is 218 g/mol. The molecule has 0 saturated carbocycles. The highest BCUT2D eigenvalue weighted by Gasteiger charge is 2.11. The molecule has 0 N–H and O–H groups in total. The van der Waals surface area contributed by atoms with Crippen molar-refractivity contribution in [2.75, 3.05) is 13.2 Å². The van der Waals surface area contributed by atoms with Gasteiger partial charge in [-0.2, -0.15) is 0 Å². The molecule has 1 aliphatic heterocycles. The van der Waals surface area contributed by atoms with Crippen LogP contribution in [0.1, 0.15) is 24.8 Å². The molecule has 2 rings (SSSR count). The van der Waals surface area contributed by atoms with Crippen LogP contribution < -0.4 is 9.47 Å². The molecule has 1 aromatic rings. The topological polar surface area (TPSA) is 18.5 Å². The number of rotatable bonds is 5. The molecule has 0 spiro atoms. The lowest BCUT2D eigenvalue weighted by atomic mass is 10.1. The van der Waals surface area contributed by atoms with Crippen molar-refractivity contribution >= 4 is 0 Å². The predicted molar refractivity (Wildman–Crippen MR) is 65.2 cm³/mol. The third kappa shape index (κ3) is 2.78. The van der Waals surface area contributed by atoms with Gasteiger partial charge >= 0.3 is 0 Å². The molecule has 0 amide bonds. The third-order valence-corrected chi connectivity index (χ3v) is 2.73. The fraction of sp³-hybridized carbons (Fsp3) is 0.429. The summed E-state index contributed by atoms with van der Waals surface area (Å²) in [4.78, 5) is 0. The second-order valence-corrected chi connectivity index (χ2v) is 4.01. The molecule has 2 heteroatoms. The summed E-state index contributed by atoms with van der Waals surface area (Å²) in [5.74, 6) is 1.77. The fourth-order valence-corrected chi connectivity index (χ4v) is 1.86. The Hall–Kier alpha value is -1.44. The quantitative estimate of drug-likeness (QED) is 0.557. The molecule has 0 aliphatic carbocycles. The van der Waals surface area contributed by atoms with Crippen molar-refractivity contribution in [2.24, 2.45) is 0 Å². The van der Waals surface area contributed by atoms with Crippen LogP contribution in [0.3, 0.4) is 0 Å². The minimum Gasteiger partial charge on any atom is -0.486 e. The number of benzene rings is 1. The van der Waals surface area contributed by atoms with E-state index in [1.807, 2.05) is 12.1 Å². The van der Waals surface area contributed by atoms with E-state index in [1.165, 1.54) is 18.4 Å². The summed E-state index contributed by atoms with van der Waals surface area (Å²) in [6.45, 7) is 5.04. The van der Waals surface area contributed by atoms with Crippen molar-refractivity contribution in [1.29, 1.82) is 0 Å². The van der Waals surface area contributed by atoms with Crippen molar-refractivity contribution in [3.8, 4) is 11.5 Å². The molecule has 86 valence electrons. The van der Waals surface area contributed by atoms with Crippen LogP contribution in [0, 0.1) is 0 Å². The lowest BCUT2D eigenvalue weighted by Crippen LogP contribution is -2.15. The molecule has 1 aromatic carbocycles. The summed E-state index contributed by atoms with van der Waals surface area (Å²) >= 11 is 0. The first-order valence-electron chi connectivity index (χ1n) is 5.89. The average molecular weight is 218 g/mol. The van der Waals surface area contributed by atoms with E-state index in [1.54, 1.807) is 0 Å². The Labute approximate surface area is 96.9 Å². The van der Waals surface area contributed by atoms with Gasteiger partial charge in [0.1, 0.15) is 13.2 Å². The van der Waals surface area contributed by atoms with E-state index in [2.05, 4.69) is 18.7 Å². The fourth-order valence-electron chi connectivity index (χ4n) is 1.86. The second-order valence-electron chi connectivity index (χ2n) is 4.01. The highest BCUT2D eigenvalue weighted by molar-refractivity contribution is 5.43. The van der Waals surface area contributed by atoms with Gasteiger partial charge in [0.05, 0.1) is 0 Å². The van der Waals surface area contributed by atoms with Crippen molar-refractivity contribution < 1.29 is 9.47 Å². The lowest BCUT2D eigenvalue weighted by molar-refractivity contribution is 0.171. The van der Waals surface area contributed by atoms with E-state index in [4.69, 9.17) is 9.47 Å². The Morgan fingerprint density at radius 1 is 1.12 bits per heavy atom. The van der Waals surface area contributed by atoms with E-state index < -0.39 is 0 Å². The van der Waals surface area contributed by atoms with Crippen molar-refractivity contribution in [3.05, 3.63) is 36.4 Å². The molecule has 0 atom stereocenters. The van der Waals surface area contributed by atoms with E-state index >= 15 is 0 Å². The highest BCUT2D eigenvalue weighted by Crippen LogP contribution is 2.31. The SMILES string of the molecule is C=CCCCCc1ccc2c(c1)OCCO2. The summed E-state index contributed by atoms with van der Waals surface area (Å²) in [6.07, 6.45) is 6.59. The number of fused-ring (bicyclic) bond motifs is 1. The van der Waals surface area contributed by atoms with E-state index in [0.717, 1.165) is 24.3 Å². The van der Waals surface area contributed by atoms with Gasteiger partial charge in [-0.3, -0.25) is 0 Å². The number of aryl methyl sites for hydroxylation is 1. The highest BCUT2D eigenvalue weighted by atomic mass is 16.6. The van der Waals surface area contributed by atoms with Crippen molar-refractivity contribution in [1.82, 2.24) is 0 Å². The molecule has 2 nitrogen and oxygen atoms in total. The van der Waals surface area contributed by atoms with Crippen LogP contribution >= 0.6 is 0 Å². The zero-order valence-electron chi connectivity index (χ0n) is 9.58. The molecule has 0 bridgehead atoms. The summed E-state index contributed by atoms with van der Waals surface area (Å²) in [7, 11) is 0. The Balaban J connectivity index is 1.92. The standard InChI is InChI=1S/C14H18O2/c1-2-3-4-5-6-12-7-8-13-14(11-12)16-10-9-15-13/h2,7-8,11H,1,3-6,9-10H2. The Morgan fingerprint density at radius 3 is 2.75 bits per heavy atom. The summed E-state index contributed by atoms with van der Waals surface area (Å²) in [6, 6.07) is 6.24. The van der Waals surface area contributed by atoms with Crippen LogP contribution in [0.25, 0.3) is 0 Å².